The topological polar surface area (TPSA) is 91.4 Å². The Kier molecular flexibility index (Phi) is 6.21. The number of benzene rings is 2. The lowest BCUT2D eigenvalue weighted by Crippen LogP contribution is -2.28. The second-order valence-corrected chi connectivity index (χ2v) is 8.86. The number of furan rings is 1. The fourth-order valence-corrected chi connectivity index (χ4v) is 4.33. The Morgan fingerprint density at radius 3 is 2.51 bits per heavy atom. The Morgan fingerprint density at radius 1 is 1.06 bits per heavy atom. The molecule has 35 heavy (non-hydrogen) atoms. The third-order valence-corrected chi connectivity index (χ3v) is 6.27. The van der Waals surface area contributed by atoms with Gasteiger partial charge in [-0.05, 0) is 48.7 Å². The Bertz CT molecular complexity index is 1410. The average molecular weight is 467 g/mol. The summed E-state index contributed by atoms with van der Waals surface area (Å²) in [4.78, 5) is 18.2. The van der Waals surface area contributed by atoms with E-state index in [2.05, 4.69) is 16.4 Å². The molecule has 7 heteroatoms. The summed E-state index contributed by atoms with van der Waals surface area (Å²) < 4.78 is 11.7. The van der Waals surface area contributed by atoms with E-state index in [0.717, 1.165) is 53.9 Å². The van der Waals surface area contributed by atoms with Crippen LogP contribution in [-0.2, 0) is 4.74 Å². The number of anilines is 1. The molecule has 1 N–H and O–H groups in total. The molecule has 0 aliphatic carbocycles. The van der Waals surface area contributed by atoms with Crippen molar-refractivity contribution in [1.29, 1.82) is 5.26 Å². The molecule has 3 heterocycles. The van der Waals surface area contributed by atoms with Gasteiger partial charge in [-0.15, -0.1) is 0 Å². The fraction of sp³-hybridized carbons (Fsp3) is 0.250. The highest BCUT2D eigenvalue weighted by Gasteiger charge is 2.17. The zero-order valence-electron chi connectivity index (χ0n) is 19.7. The number of aromatic nitrogens is 1. The standard InChI is InChI=1S/C28H26N4O3/c1-32(2)28(33)19-5-3-18(4-6-19)26-16-25-27(35-26)23(9-12-30-25)20-7-8-24(21(15-20)17-29)31-22-10-13-34-14-11-22/h3-9,12,15-16,22,31H,10-11,13-14H2,1-2H3. The molecule has 2 aromatic heterocycles. The predicted molar refractivity (Wildman–Crippen MR) is 135 cm³/mol. The zero-order valence-corrected chi connectivity index (χ0v) is 19.7. The molecule has 0 atom stereocenters. The van der Waals surface area contributed by atoms with Crippen LogP contribution in [0.5, 0.6) is 0 Å². The molecule has 0 radical (unpaired) electrons. The van der Waals surface area contributed by atoms with Gasteiger partial charge in [0, 0.05) is 62.3 Å². The molecule has 0 bridgehead atoms. The first-order chi connectivity index (χ1) is 17.0. The Hall–Kier alpha value is -4.15. The quantitative estimate of drug-likeness (QED) is 0.428. The predicted octanol–water partition coefficient (Wildman–Crippen LogP) is 5.33. The Labute approximate surface area is 203 Å². The van der Waals surface area contributed by atoms with E-state index in [4.69, 9.17) is 9.15 Å². The summed E-state index contributed by atoms with van der Waals surface area (Å²) in [5, 5.41) is 13.3. The summed E-state index contributed by atoms with van der Waals surface area (Å²) in [5.74, 6) is 0.621. The molecule has 1 amide bonds. The van der Waals surface area contributed by atoms with Crippen molar-refractivity contribution in [2.45, 2.75) is 18.9 Å². The van der Waals surface area contributed by atoms with Crippen LogP contribution in [0.3, 0.4) is 0 Å². The second-order valence-electron chi connectivity index (χ2n) is 8.86. The van der Waals surface area contributed by atoms with Crippen LogP contribution in [0.15, 0.2) is 65.2 Å². The lowest BCUT2D eigenvalue weighted by Gasteiger charge is -2.24. The minimum Gasteiger partial charge on any atom is -0.454 e. The number of rotatable bonds is 5. The smallest absolute Gasteiger partial charge is 0.253 e. The molecule has 1 aliphatic heterocycles. The maximum absolute atomic E-state index is 12.2. The maximum Gasteiger partial charge on any atom is 0.253 e. The Balaban J connectivity index is 1.46. The lowest BCUT2D eigenvalue weighted by molar-refractivity contribution is 0.0827. The van der Waals surface area contributed by atoms with Gasteiger partial charge in [0.15, 0.2) is 5.58 Å². The van der Waals surface area contributed by atoms with Crippen LogP contribution in [0.2, 0.25) is 0 Å². The van der Waals surface area contributed by atoms with Crippen molar-refractivity contribution < 1.29 is 13.9 Å². The number of hydrogen-bond acceptors (Lipinski definition) is 6. The van der Waals surface area contributed by atoms with E-state index in [1.54, 1.807) is 37.3 Å². The van der Waals surface area contributed by atoms with Crippen LogP contribution in [0.1, 0.15) is 28.8 Å². The number of nitriles is 1. The number of ether oxygens (including phenoxy) is 1. The lowest BCUT2D eigenvalue weighted by atomic mass is 10.0. The largest absolute Gasteiger partial charge is 0.454 e. The molecule has 1 fully saturated rings. The molecule has 7 nitrogen and oxygen atoms in total. The minimum atomic E-state index is -0.0480. The summed E-state index contributed by atoms with van der Waals surface area (Å²) >= 11 is 0. The molecule has 4 aromatic rings. The van der Waals surface area contributed by atoms with Crippen LogP contribution < -0.4 is 5.32 Å². The number of fused-ring (bicyclic) bond motifs is 1. The molecule has 176 valence electrons. The van der Waals surface area contributed by atoms with Gasteiger partial charge in [-0.2, -0.15) is 5.26 Å². The van der Waals surface area contributed by atoms with E-state index in [1.807, 2.05) is 42.5 Å². The van der Waals surface area contributed by atoms with Gasteiger partial charge < -0.3 is 19.4 Å². The van der Waals surface area contributed by atoms with Gasteiger partial charge in [-0.1, -0.05) is 18.2 Å². The van der Waals surface area contributed by atoms with Crippen molar-refractivity contribution in [3.8, 4) is 28.5 Å². The zero-order chi connectivity index (χ0) is 24.4. The summed E-state index contributed by atoms with van der Waals surface area (Å²) in [6, 6.07) is 19.6. The summed E-state index contributed by atoms with van der Waals surface area (Å²) in [5.41, 5.74) is 6.05. The van der Waals surface area contributed by atoms with Crippen molar-refractivity contribution in [1.82, 2.24) is 9.88 Å². The van der Waals surface area contributed by atoms with Gasteiger partial charge in [-0.3, -0.25) is 9.78 Å². The molecule has 1 saturated heterocycles. The van der Waals surface area contributed by atoms with Crippen LogP contribution in [0, 0.1) is 11.3 Å². The molecule has 5 rings (SSSR count). The van der Waals surface area contributed by atoms with Crippen molar-refractivity contribution >= 4 is 22.7 Å². The monoisotopic (exact) mass is 466 g/mol. The van der Waals surface area contributed by atoms with Gasteiger partial charge >= 0.3 is 0 Å². The van der Waals surface area contributed by atoms with Crippen molar-refractivity contribution in [2.24, 2.45) is 0 Å². The van der Waals surface area contributed by atoms with Gasteiger partial charge in [0.2, 0.25) is 0 Å². The summed E-state index contributed by atoms with van der Waals surface area (Å²) in [6.07, 6.45) is 3.60. The van der Waals surface area contributed by atoms with Crippen LogP contribution in [-0.4, -0.2) is 49.1 Å². The van der Waals surface area contributed by atoms with Crippen molar-refractivity contribution in [3.63, 3.8) is 0 Å². The normalized spacial score (nSPS) is 14.0. The van der Waals surface area contributed by atoms with E-state index < -0.39 is 0 Å². The molecular formula is C28H26N4O3. The van der Waals surface area contributed by atoms with Crippen LogP contribution in [0.25, 0.3) is 33.6 Å². The first kappa shape index (κ1) is 22.6. The van der Waals surface area contributed by atoms with Gasteiger partial charge in [0.25, 0.3) is 5.91 Å². The van der Waals surface area contributed by atoms with Crippen LogP contribution in [0.4, 0.5) is 5.69 Å². The van der Waals surface area contributed by atoms with Gasteiger partial charge in [0.05, 0.1) is 11.3 Å². The number of carbonyl (C=O) groups is 1. The van der Waals surface area contributed by atoms with E-state index in [0.29, 0.717) is 28.5 Å². The number of amides is 1. The first-order valence-corrected chi connectivity index (χ1v) is 11.6. The first-order valence-electron chi connectivity index (χ1n) is 11.6. The highest BCUT2D eigenvalue weighted by Crippen LogP contribution is 2.35. The minimum absolute atomic E-state index is 0.0480. The summed E-state index contributed by atoms with van der Waals surface area (Å²) in [7, 11) is 3.46. The third-order valence-electron chi connectivity index (χ3n) is 6.27. The molecule has 0 saturated carbocycles. The van der Waals surface area contributed by atoms with Crippen molar-refractivity contribution in [3.05, 3.63) is 71.9 Å². The third kappa shape index (κ3) is 4.61. The number of pyridine rings is 1. The summed E-state index contributed by atoms with van der Waals surface area (Å²) in [6.45, 7) is 1.48. The van der Waals surface area contributed by atoms with E-state index >= 15 is 0 Å². The molecular weight excluding hydrogens is 440 g/mol. The SMILES string of the molecule is CN(C)C(=O)c1ccc(-c2cc3nccc(-c4ccc(NC5CCOCC5)c(C#N)c4)c3o2)cc1. The highest BCUT2D eigenvalue weighted by atomic mass is 16.5. The van der Waals surface area contributed by atoms with Crippen molar-refractivity contribution in [2.75, 3.05) is 32.6 Å². The molecule has 1 aliphatic rings. The number of nitrogens with zero attached hydrogens (tertiary/aromatic N) is 3. The van der Waals surface area contributed by atoms with Crippen LogP contribution >= 0.6 is 0 Å². The molecule has 0 unspecified atom stereocenters. The van der Waals surface area contributed by atoms with Gasteiger partial charge in [-0.25, -0.2) is 0 Å². The number of nitrogens with one attached hydrogen (secondary N) is 1. The van der Waals surface area contributed by atoms with Gasteiger partial charge in [0.1, 0.15) is 17.3 Å². The molecule has 0 spiro atoms. The Morgan fingerprint density at radius 2 is 1.80 bits per heavy atom. The van der Waals surface area contributed by atoms with E-state index in [-0.39, 0.29) is 5.91 Å². The fourth-order valence-electron chi connectivity index (χ4n) is 4.33. The molecule has 2 aromatic carbocycles. The average Bonchev–Trinajstić information content (AvgIpc) is 3.34. The second kappa shape index (κ2) is 9.61. The highest BCUT2D eigenvalue weighted by molar-refractivity contribution is 5.95. The maximum atomic E-state index is 12.2. The number of hydrogen-bond donors (Lipinski definition) is 1. The van der Waals surface area contributed by atoms with E-state index in [9.17, 15) is 10.1 Å². The number of carbonyl (C=O) groups excluding carboxylic acids is 1. The van der Waals surface area contributed by atoms with E-state index in [1.165, 1.54) is 0 Å².